The number of aryl methyl sites for hydroxylation is 1. The number of hydrogen-bond donors (Lipinski definition) is 1. The second-order valence-electron chi connectivity index (χ2n) is 7.64. The highest BCUT2D eigenvalue weighted by Gasteiger charge is 2.28. The van der Waals surface area contributed by atoms with Crippen LogP contribution in [0.4, 0.5) is 10.2 Å². The molecule has 0 amide bonds. The Morgan fingerprint density at radius 2 is 1.79 bits per heavy atom. The van der Waals surface area contributed by atoms with Gasteiger partial charge in [-0.25, -0.2) is 14.4 Å². The second kappa shape index (κ2) is 8.25. The zero-order valence-electron chi connectivity index (χ0n) is 16.7. The molecule has 1 N–H and O–H groups in total. The summed E-state index contributed by atoms with van der Waals surface area (Å²) in [6, 6.07) is 10.00. The zero-order valence-corrected chi connectivity index (χ0v) is 16.7. The Hall–Kier alpha value is -2.86. The van der Waals surface area contributed by atoms with Gasteiger partial charge in [0.25, 0.3) is 0 Å². The van der Waals surface area contributed by atoms with E-state index in [0.717, 1.165) is 54.1 Å². The molecule has 0 saturated carbocycles. The van der Waals surface area contributed by atoms with Crippen LogP contribution in [0.1, 0.15) is 35.8 Å². The lowest BCUT2D eigenvalue weighted by Gasteiger charge is -2.36. The van der Waals surface area contributed by atoms with Gasteiger partial charge in [0.05, 0.1) is 6.10 Å². The van der Waals surface area contributed by atoms with Crippen molar-refractivity contribution in [2.45, 2.75) is 32.8 Å². The first-order valence-electron chi connectivity index (χ1n) is 9.97. The summed E-state index contributed by atoms with van der Waals surface area (Å²) in [4.78, 5) is 15.9. The second-order valence-corrected chi connectivity index (χ2v) is 7.64. The van der Waals surface area contributed by atoms with E-state index in [4.69, 9.17) is 4.98 Å². The number of rotatable bonds is 4. The number of hydrogen-bond acceptors (Lipinski definition) is 5. The van der Waals surface area contributed by atoms with E-state index in [-0.39, 0.29) is 11.7 Å². The van der Waals surface area contributed by atoms with Gasteiger partial charge in [-0.1, -0.05) is 12.1 Å². The van der Waals surface area contributed by atoms with Crippen LogP contribution in [0.3, 0.4) is 0 Å². The van der Waals surface area contributed by atoms with Crippen molar-refractivity contribution in [1.82, 2.24) is 15.0 Å². The van der Waals surface area contributed by atoms with Crippen LogP contribution in [0.5, 0.6) is 0 Å². The molecule has 1 fully saturated rings. The predicted molar refractivity (Wildman–Crippen MR) is 111 cm³/mol. The van der Waals surface area contributed by atoms with Crippen molar-refractivity contribution in [3.8, 4) is 11.4 Å². The number of halogens is 1. The monoisotopic (exact) mass is 392 g/mol. The molecule has 0 aliphatic carbocycles. The molecule has 4 rings (SSSR count). The summed E-state index contributed by atoms with van der Waals surface area (Å²) < 4.78 is 13.2. The molecule has 5 nitrogen and oxygen atoms in total. The van der Waals surface area contributed by atoms with Gasteiger partial charge < -0.3 is 10.0 Å². The fourth-order valence-electron chi connectivity index (χ4n) is 3.90. The van der Waals surface area contributed by atoms with Gasteiger partial charge in [0, 0.05) is 42.3 Å². The van der Waals surface area contributed by atoms with Gasteiger partial charge in [0.15, 0.2) is 5.82 Å². The SMILES string of the molecule is Cc1nc(-c2cccnc2)nc(N2CCC(C(O)c3ccc(F)cc3)CC2)c1C. The number of aliphatic hydroxyl groups excluding tert-OH is 1. The van der Waals surface area contributed by atoms with E-state index in [1.165, 1.54) is 12.1 Å². The summed E-state index contributed by atoms with van der Waals surface area (Å²) in [5, 5.41) is 10.7. The summed E-state index contributed by atoms with van der Waals surface area (Å²) in [5.41, 5.74) is 3.72. The molecule has 1 aliphatic heterocycles. The van der Waals surface area contributed by atoms with Crippen LogP contribution >= 0.6 is 0 Å². The van der Waals surface area contributed by atoms with Crippen molar-refractivity contribution in [3.05, 3.63) is 71.4 Å². The largest absolute Gasteiger partial charge is 0.388 e. The normalized spacial score (nSPS) is 16.1. The molecule has 0 radical (unpaired) electrons. The number of aromatic nitrogens is 3. The van der Waals surface area contributed by atoms with E-state index < -0.39 is 6.10 Å². The third kappa shape index (κ3) is 4.12. The molecule has 1 aromatic carbocycles. The third-order valence-corrected chi connectivity index (χ3v) is 5.78. The molecule has 1 saturated heterocycles. The molecule has 0 bridgehead atoms. The third-order valence-electron chi connectivity index (χ3n) is 5.78. The summed E-state index contributed by atoms with van der Waals surface area (Å²) in [5.74, 6) is 1.50. The maximum absolute atomic E-state index is 13.2. The molecule has 0 spiro atoms. The molecular weight excluding hydrogens is 367 g/mol. The van der Waals surface area contributed by atoms with Crippen LogP contribution in [0.25, 0.3) is 11.4 Å². The Morgan fingerprint density at radius 1 is 1.07 bits per heavy atom. The molecule has 6 heteroatoms. The van der Waals surface area contributed by atoms with Gasteiger partial charge in [-0.2, -0.15) is 0 Å². The quantitative estimate of drug-likeness (QED) is 0.719. The Bertz CT molecular complexity index is 970. The van der Waals surface area contributed by atoms with Gasteiger partial charge in [-0.3, -0.25) is 4.98 Å². The van der Waals surface area contributed by atoms with E-state index in [2.05, 4.69) is 21.8 Å². The van der Waals surface area contributed by atoms with Gasteiger partial charge >= 0.3 is 0 Å². The Kier molecular flexibility index (Phi) is 5.53. The van der Waals surface area contributed by atoms with E-state index in [9.17, 15) is 9.50 Å². The lowest BCUT2D eigenvalue weighted by molar-refractivity contribution is 0.0928. The molecule has 1 atom stereocenters. The van der Waals surface area contributed by atoms with Crippen molar-refractivity contribution < 1.29 is 9.50 Å². The number of benzene rings is 1. The lowest BCUT2D eigenvalue weighted by Crippen LogP contribution is -2.36. The predicted octanol–water partition coefficient (Wildman–Crippen LogP) is 4.24. The molecule has 29 heavy (non-hydrogen) atoms. The highest BCUT2D eigenvalue weighted by Crippen LogP contribution is 2.33. The van der Waals surface area contributed by atoms with Gasteiger partial charge in [0.1, 0.15) is 11.6 Å². The number of anilines is 1. The number of aliphatic hydroxyl groups is 1. The van der Waals surface area contributed by atoms with E-state index in [1.54, 1.807) is 24.5 Å². The zero-order chi connectivity index (χ0) is 20.4. The Balaban J connectivity index is 1.51. The first kappa shape index (κ1) is 19.5. The van der Waals surface area contributed by atoms with Gasteiger partial charge in [0.2, 0.25) is 0 Å². The summed E-state index contributed by atoms with van der Waals surface area (Å²) in [6.45, 7) is 5.68. The van der Waals surface area contributed by atoms with Crippen LogP contribution in [-0.2, 0) is 0 Å². The highest BCUT2D eigenvalue weighted by molar-refractivity contribution is 5.59. The van der Waals surface area contributed by atoms with E-state index in [1.807, 2.05) is 19.1 Å². The maximum atomic E-state index is 13.2. The number of piperidine rings is 1. The molecular formula is C23H25FN4O. The van der Waals surface area contributed by atoms with E-state index in [0.29, 0.717) is 5.82 Å². The first-order valence-corrected chi connectivity index (χ1v) is 9.97. The van der Waals surface area contributed by atoms with Crippen molar-refractivity contribution in [1.29, 1.82) is 0 Å². The minimum atomic E-state index is -0.572. The smallest absolute Gasteiger partial charge is 0.163 e. The number of nitrogens with zero attached hydrogens (tertiary/aromatic N) is 4. The minimum Gasteiger partial charge on any atom is -0.388 e. The lowest BCUT2D eigenvalue weighted by atomic mass is 9.87. The maximum Gasteiger partial charge on any atom is 0.163 e. The van der Waals surface area contributed by atoms with Gasteiger partial charge in [-0.05, 0) is 62.4 Å². The van der Waals surface area contributed by atoms with Crippen molar-refractivity contribution in [2.24, 2.45) is 5.92 Å². The minimum absolute atomic E-state index is 0.151. The molecule has 3 aromatic rings. The molecule has 150 valence electrons. The molecule has 3 heterocycles. The van der Waals surface area contributed by atoms with Crippen molar-refractivity contribution >= 4 is 5.82 Å². The Morgan fingerprint density at radius 3 is 2.45 bits per heavy atom. The standard InChI is InChI=1S/C23H25FN4O/c1-15-16(2)26-22(19-4-3-11-25-14-19)27-23(15)28-12-9-18(10-13-28)21(29)17-5-7-20(24)8-6-17/h3-8,11,14,18,21,29H,9-10,12-13H2,1-2H3. The van der Waals surface area contributed by atoms with Crippen LogP contribution in [0, 0.1) is 25.6 Å². The number of pyridine rings is 1. The van der Waals surface area contributed by atoms with E-state index >= 15 is 0 Å². The summed E-state index contributed by atoms with van der Waals surface area (Å²) in [6.07, 6.45) is 4.64. The fourth-order valence-corrected chi connectivity index (χ4v) is 3.90. The Labute approximate surface area is 170 Å². The molecule has 1 unspecified atom stereocenters. The molecule has 2 aromatic heterocycles. The summed E-state index contributed by atoms with van der Waals surface area (Å²) >= 11 is 0. The van der Waals surface area contributed by atoms with Crippen molar-refractivity contribution in [2.75, 3.05) is 18.0 Å². The average molecular weight is 392 g/mol. The van der Waals surface area contributed by atoms with Gasteiger partial charge in [-0.15, -0.1) is 0 Å². The fraction of sp³-hybridized carbons (Fsp3) is 0.348. The first-order chi connectivity index (χ1) is 14.0. The summed E-state index contributed by atoms with van der Waals surface area (Å²) in [7, 11) is 0. The van der Waals surface area contributed by atoms with Crippen LogP contribution < -0.4 is 4.90 Å². The van der Waals surface area contributed by atoms with Crippen LogP contribution in [-0.4, -0.2) is 33.1 Å². The average Bonchev–Trinajstić information content (AvgIpc) is 2.76. The molecule has 1 aliphatic rings. The topological polar surface area (TPSA) is 62.1 Å². The van der Waals surface area contributed by atoms with Crippen LogP contribution in [0.15, 0.2) is 48.8 Å². The van der Waals surface area contributed by atoms with Crippen molar-refractivity contribution in [3.63, 3.8) is 0 Å². The van der Waals surface area contributed by atoms with Crippen LogP contribution in [0.2, 0.25) is 0 Å². The highest BCUT2D eigenvalue weighted by atomic mass is 19.1.